The minimum Gasteiger partial charge on any atom is -0.226 e. The highest BCUT2D eigenvalue weighted by Crippen LogP contribution is 2.30. The van der Waals surface area contributed by atoms with E-state index >= 15 is 0 Å². The Hall–Kier alpha value is -1.01. The number of halogens is 3. The minimum atomic E-state index is -0.862. The Morgan fingerprint density at radius 1 is 1.05 bits per heavy atom. The Kier molecular flexibility index (Phi) is 4.44. The normalized spacial score (nSPS) is 11.7. The van der Waals surface area contributed by atoms with Crippen LogP contribution in [0.25, 0.3) is 0 Å². The van der Waals surface area contributed by atoms with Crippen molar-refractivity contribution in [3.8, 4) is 0 Å². The van der Waals surface area contributed by atoms with E-state index in [0.717, 1.165) is 12.1 Å². The Balaban J connectivity index is 2.33. The summed E-state index contributed by atoms with van der Waals surface area (Å²) >= 11 is 4.61. The van der Waals surface area contributed by atoms with Crippen LogP contribution in [0.15, 0.2) is 38.8 Å². The number of rotatable bonds is 2. The fraction of sp³-hybridized carbons (Fsp3) is 0.286. The van der Waals surface area contributed by atoms with Crippen molar-refractivity contribution >= 4 is 27.7 Å². The molecule has 1 heterocycles. The summed E-state index contributed by atoms with van der Waals surface area (Å²) in [6, 6.07) is 5.54. The van der Waals surface area contributed by atoms with Crippen molar-refractivity contribution in [3.63, 3.8) is 0 Å². The summed E-state index contributed by atoms with van der Waals surface area (Å²) in [5, 5.41) is 0.683. The molecule has 0 saturated carbocycles. The van der Waals surface area contributed by atoms with Gasteiger partial charge < -0.3 is 0 Å². The van der Waals surface area contributed by atoms with Crippen molar-refractivity contribution < 1.29 is 8.78 Å². The molecule has 0 aliphatic rings. The molecule has 0 bridgehead atoms. The van der Waals surface area contributed by atoms with Crippen LogP contribution in [0.5, 0.6) is 0 Å². The topological polar surface area (TPSA) is 25.8 Å². The third-order valence-corrected chi connectivity index (χ3v) is 3.77. The largest absolute Gasteiger partial charge is 0.226 e. The van der Waals surface area contributed by atoms with Gasteiger partial charge >= 0.3 is 0 Å². The maximum atomic E-state index is 13.2. The van der Waals surface area contributed by atoms with Gasteiger partial charge in [0.2, 0.25) is 0 Å². The van der Waals surface area contributed by atoms with E-state index in [0.29, 0.717) is 20.3 Å². The lowest BCUT2D eigenvalue weighted by atomic mass is 9.96. The Bertz CT molecular complexity index is 642. The van der Waals surface area contributed by atoms with E-state index in [4.69, 9.17) is 0 Å². The van der Waals surface area contributed by atoms with E-state index in [2.05, 4.69) is 25.9 Å². The predicted molar refractivity (Wildman–Crippen MR) is 78.9 cm³/mol. The average molecular weight is 359 g/mol. The molecular formula is C14H13BrF2N2S. The maximum absolute atomic E-state index is 13.2. The molecule has 2 rings (SSSR count). The van der Waals surface area contributed by atoms with Crippen LogP contribution >= 0.6 is 27.7 Å². The number of nitrogens with zero attached hydrogens (tertiary/aromatic N) is 2. The molecule has 0 amide bonds. The summed E-state index contributed by atoms with van der Waals surface area (Å²) in [6.07, 6.45) is 0. The second-order valence-electron chi connectivity index (χ2n) is 5.28. The van der Waals surface area contributed by atoms with Gasteiger partial charge in [-0.3, -0.25) is 0 Å². The summed E-state index contributed by atoms with van der Waals surface area (Å²) in [5.74, 6) is -1.02. The van der Waals surface area contributed by atoms with Crippen molar-refractivity contribution in [1.29, 1.82) is 0 Å². The second-order valence-corrected chi connectivity index (χ2v) is 7.19. The zero-order chi connectivity index (χ0) is 14.9. The Labute approximate surface area is 129 Å². The number of hydrogen-bond acceptors (Lipinski definition) is 3. The molecule has 2 nitrogen and oxygen atoms in total. The zero-order valence-electron chi connectivity index (χ0n) is 11.2. The van der Waals surface area contributed by atoms with Crippen molar-refractivity contribution in [3.05, 3.63) is 46.3 Å². The molecule has 1 aromatic heterocycles. The van der Waals surface area contributed by atoms with Gasteiger partial charge in [-0.2, -0.15) is 0 Å². The highest BCUT2D eigenvalue weighted by atomic mass is 79.9. The summed E-state index contributed by atoms with van der Waals surface area (Å²) in [4.78, 5) is 9.39. The first kappa shape index (κ1) is 15.4. The molecule has 2 aromatic rings. The summed E-state index contributed by atoms with van der Waals surface area (Å²) in [7, 11) is 0. The van der Waals surface area contributed by atoms with Gasteiger partial charge in [0.1, 0.15) is 15.5 Å². The standard InChI is InChI=1S/C14H13BrF2N2S/c1-14(2,3)13-18-11(15)7-12(19-13)20-8-4-5-9(16)10(17)6-8/h4-7H,1-3H3. The highest BCUT2D eigenvalue weighted by Gasteiger charge is 2.19. The molecule has 0 unspecified atom stereocenters. The van der Waals surface area contributed by atoms with Gasteiger partial charge in [-0.25, -0.2) is 18.7 Å². The first-order valence-corrected chi connectivity index (χ1v) is 7.54. The average Bonchev–Trinajstić information content (AvgIpc) is 2.32. The summed E-state index contributed by atoms with van der Waals surface area (Å²) in [6.45, 7) is 6.04. The number of hydrogen-bond donors (Lipinski definition) is 0. The van der Waals surface area contributed by atoms with Gasteiger partial charge in [0, 0.05) is 16.4 Å². The zero-order valence-corrected chi connectivity index (χ0v) is 13.6. The van der Waals surface area contributed by atoms with E-state index in [1.165, 1.54) is 17.8 Å². The van der Waals surface area contributed by atoms with E-state index < -0.39 is 11.6 Å². The number of aromatic nitrogens is 2. The van der Waals surface area contributed by atoms with E-state index in [1.54, 1.807) is 6.07 Å². The summed E-state index contributed by atoms with van der Waals surface area (Å²) < 4.78 is 26.8. The van der Waals surface area contributed by atoms with E-state index in [-0.39, 0.29) is 5.41 Å². The van der Waals surface area contributed by atoms with E-state index in [1.807, 2.05) is 20.8 Å². The molecule has 0 atom stereocenters. The molecule has 0 aliphatic heterocycles. The van der Waals surface area contributed by atoms with Crippen molar-refractivity contribution in [2.45, 2.75) is 36.1 Å². The smallest absolute Gasteiger partial charge is 0.159 e. The third kappa shape index (κ3) is 3.76. The van der Waals surface area contributed by atoms with Gasteiger partial charge in [-0.05, 0) is 34.1 Å². The van der Waals surface area contributed by atoms with Crippen LogP contribution in [0.2, 0.25) is 0 Å². The fourth-order valence-electron chi connectivity index (χ4n) is 1.45. The van der Waals surface area contributed by atoms with E-state index in [9.17, 15) is 8.78 Å². The molecule has 0 fully saturated rings. The quantitative estimate of drug-likeness (QED) is 0.709. The molecule has 1 aromatic carbocycles. The number of benzene rings is 1. The molecule has 0 aliphatic carbocycles. The van der Waals surface area contributed by atoms with Gasteiger partial charge in [0.15, 0.2) is 11.6 Å². The Morgan fingerprint density at radius 3 is 2.35 bits per heavy atom. The lowest BCUT2D eigenvalue weighted by Crippen LogP contribution is -2.16. The van der Waals surface area contributed by atoms with Gasteiger partial charge in [0.05, 0.1) is 0 Å². The lowest BCUT2D eigenvalue weighted by Gasteiger charge is -2.17. The molecule has 0 spiro atoms. The molecule has 0 saturated heterocycles. The highest BCUT2D eigenvalue weighted by molar-refractivity contribution is 9.10. The maximum Gasteiger partial charge on any atom is 0.159 e. The molecule has 0 radical (unpaired) electrons. The van der Waals surface area contributed by atoms with Crippen molar-refractivity contribution in [1.82, 2.24) is 9.97 Å². The fourth-order valence-corrected chi connectivity index (χ4v) is 2.82. The monoisotopic (exact) mass is 358 g/mol. The van der Waals surface area contributed by atoms with Gasteiger partial charge in [0.25, 0.3) is 0 Å². The van der Waals surface area contributed by atoms with Crippen LogP contribution < -0.4 is 0 Å². The van der Waals surface area contributed by atoms with Gasteiger partial charge in [-0.1, -0.05) is 32.5 Å². The van der Waals surface area contributed by atoms with Gasteiger partial charge in [-0.15, -0.1) is 0 Å². The first-order valence-electron chi connectivity index (χ1n) is 5.94. The third-order valence-electron chi connectivity index (χ3n) is 2.46. The van der Waals surface area contributed by atoms with Crippen LogP contribution in [-0.2, 0) is 5.41 Å². The predicted octanol–water partition coefficient (Wildman–Crippen LogP) is 4.97. The molecular weight excluding hydrogens is 346 g/mol. The SMILES string of the molecule is CC(C)(C)c1nc(Br)cc(Sc2ccc(F)c(F)c2)n1. The molecule has 20 heavy (non-hydrogen) atoms. The van der Waals surface area contributed by atoms with Crippen molar-refractivity contribution in [2.75, 3.05) is 0 Å². The lowest BCUT2D eigenvalue weighted by molar-refractivity contribution is 0.506. The minimum absolute atomic E-state index is 0.187. The van der Waals surface area contributed by atoms with Crippen LogP contribution in [0.1, 0.15) is 26.6 Å². The van der Waals surface area contributed by atoms with Crippen LogP contribution in [0, 0.1) is 11.6 Å². The first-order chi connectivity index (χ1) is 9.25. The van der Waals surface area contributed by atoms with Crippen molar-refractivity contribution in [2.24, 2.45) is 0 Å². The molecule has 6 heteroatoms. The Morgan fingerprint density at radius 2 is 1.75 bits per heavy atom. The molecule has 106 valence electrons. The van der Waals surface area contributed by atoms with Crippen LogP contribution in [0.4, 0.5) is 8.78 Å². The summed E-state index contributed by atoms with van der Waals surface area (Å²) in [5.41, 5.74) is -0.187. The molecule has 0 N–H and O–H groups in total. The second kappa shape index (κ2) is 5.77. The van der Waals surface area contributed by atoms with Crippen LogP contribution in [0.3, 0.4) is 0 Å². The van der Waals surface area contributed by atoms with Crippen LogP contribution in [-0.4, -0.2) is 9.97 Å².